The summed E-state index contributed by atoms with van der Waals surface area (Å²) in [4.78, 5) is 0. The van der Waals surface area contributed by atoms with E-state index in [1.54, 1.807) is 0 Å². The highest BCUT2D eigenvalue weighted by Gasteiger charge is 2.29. The quantitative estimate of drug-likeness (QED) is 0.321. The maximum Gasteiger partial charge on any atom is 0.0597 e. The van der Waals surface area contributed by atoms with E-state index in [9.17, 15) is 0 Å². The molecule has 0 aromatic rings. The van der Waals surface area contributed by atoms with Gasteiger partial charge in [0.2, 0.25) is 0 Å². The molecule has 0 spiro atoms. The highest BCUT2D eigenvalue weighted by Crippen LogP contribution is 2.58. The highest BCUT2D eigenvalue weighted by molar-refractivity contribution is 7.75. The van der Waals surface area contributed by atoms with E-state index >= 15 is 0 Å². The minimum atomic E-state index is -0.516. The van der Waals surface area contributed by atoms with Gasteiger partial charge in [0.15, 0.2) is 0 Å². The van der Waals surface area contributed by atoms with Crippen molar-refractivity contribution in [2.75, 3.05) is 24.6 Å². The van der Waals surface area contributed by atoms with Gasteiger partial charge in [-0.05, 0) is 33.6 Å². The molecule has 0 aliphatic heterocycles. The summed E-state index contributed by atoms with van der Waals surface area (Å²) in [5, 5.41) is 0. The summed E-state index contributed by atoms with van der Waals surface area (Å²) in [6.07, 6.45) is 10.4. The van der Waals surface area contributed by atoms with Crippen LogP contribution in [0.3, 0.4) is 0 Å². The summed E-state index contributed by atoms with van der Waals surface area (Å²) in [5.41, 5.74) is 0. The van der Waals surface area contributed by atoms with Crippen molar-refractivity contribution in [3.8, 4) is 0 Å². The van der Waals surface area contributed by atoms with E-state index in [0.717, 1.165) is 0 Å². The van der Waals surface area contributed by atoms with Crippen molar-refractivity contribution in [3.05, 3.63) is 12.7 Å². The Morgan fingerprint density at radius 1 is 1.08 bits per heavy atom. The van der Waals surface area contributed by atoms with E-state index < -0.39 is 7.26 Å². The van der Waals surface area contributed by atoms with E-state index in [1.165, 1.54) is 37.5 Å². The number of unbranched alkanes of at least 4 members (excludes halogenated alkanes) is 1. The van der Waals surface area contributed by atoms with Gasteiger partial charge in [-0.2, -0.15) is 0 Å². The average molecular weight is 187 g/mol. The third-order valence-electron chi connectivity index (χ3n) is 3.05. The Labute approximate surface area is 78.8 Å². The standard InChI is InChI=1S/C11H24P/c1-5-9-10-11-12(6-2,7-3)8-4/h5H,1,6-11H2,2-4H3/q+1. The van der Waals surface area contributed by atoms with Crippen LogP contribution in [0.4, 0.5) is 0 Å². The van der Waals surface area contributed by atoms with Crippen molar-refractivity contribution in [1.82, 2.24) is 0 Å². The first-order valence-corrected chi connectivity index (χ1v) is 7.73. The first kappa shape index (κ1) is 12.2. The first-order valence-electron chi connectivity index (χ1n) is 5.20. The van der Waals surface area contributed by atoms with Gasteiger partial charge in [-0.3, -0.25) is 0 Å². The van der Waals surface area contributed by atoms with Gasteiger partial charge in [0, 0.05) is 7.26 Å². The molecule has 0 amide bonds. The molecule has 0 saturated carbocycles. The van der Waals surface area contributed by atoms with Crippen molar-refractivity contribution in [3.63, 3.8) is 0 Å². The zero-order valence-corrected chi connectivity index (χ0v) is 9.87. The number of rotatable bonds is 7. The molecule has 0 aromatic heterocycles. The second-order valence-corrected chi connectivity index (χ2v) is 8.47. The van der Waals surface area contributed by atoms with Gasteiger partial charge in [0.05, 0.1) is 24.6 Å². The second kappa shape index (κ2) is 6.66. The predicted molar refractivity (Wildman–Crippen MR) is 62.8 cm³/mol. The number of hydrogen-bond acceptors (Lipinski definition) is 0. The SMILES string of the molecule is C=CCCC[P+](CC)(CC)CC. The molecule has 0 atom stereocenters. The van der Waals surface area contributed by atoms with Crippen LogP contribution >= 0.6 is 7.26 Å². The lowest BCUT2D eigenvalue weighted by Gasteiger charge is -2.23. The van der Waals surface area contributed by atoms with Gasteiger partial charge >= 0.3 is 0 Å². The zero-order valence-electron chi connectivity index (χ0n) is 8.97. The highest BCUT2D eigenvalue weighted by atomic mass is 31.2. The largest absolute Gasteiger partial charge is 0.103 e. The molecule has 0 nitrogen and oxygen atoms in total. The lowest BCUT2D eigenvalue weighted by Crippen LogP contribution is -2.07. The van der Waals surface area contributed by atoms with Crippen molar-refractivity contribution < 1.29 is 0 Å². The maximum absolute atomic E-state index is 3.77. The van der Waals surface area contributed by atoms with E-state index in [2.05, 4.69) is 33.4 Å². The Morgan fingerprint density at radius 3 is 1.92 bits per heavy atom. The zero-order chi connectivity index (χ0) is 9.45. The Bertz CT molecular complexity index is 106. The number of hydrogen-bond donors (Lipinski definition) is 0. The fourth-order valence-electron chi connectivity index (χ4n) is 1.72. The van der Waals surface area contributed by atoms with Crippen molar-refractivity contribution in [1.29, 1.82) is 0 Å². The molecule has 0 heterocycles. The minimum absolute atomic E-state index is 0.516. The summed E-state index contributed by atoms with van der Waals surface area (Å²) < 4.78 is 0. The molecule has 0 aromatic carbocycles. The Kier molecular flexibility index (Phi) is 6.76. The van der Waals surface area contributed by atoms with Crippen molar-refractivity contribution >= 4 is 7.26 Å². The molecule has 0 aliphatic rings. The molecule has 0 unspecified atom stereocenters. The summed E-state index contributed by atoms with van der Waals surface area (Å²) in [6, 6.07) is 0. The van der Waals surface area contributed by atoms with Gasteiger partial charge in [-0.15, -0.1) is 6.58 Å². The lowest BCUT2D eigenvalue weighted by atomic mass is 10.3. The third kappa shape index (κ3) is 3.72. The summed E-state index contributed by atoms with van der Waals surface area (Å²) in [5.74, 6) is 0. The normalized spacial score (nSPS) is 11.6. The van der Waals surface area contributed by atoms with Crippen LogP contribution < -0.4 is 0 Å². The van der Waals surface area contributed by atoms with Gasteiger partial charge in [-0.25, -0.2) is 0 Å². The van der Waals surface area contributed by atoms with Gasteiger partial charge in [-0.1, -0.05) is 6.08 Å². The fraction of sp³-hybridized carbons (Fsp3) is 0.818. The molecule has 0 rings (SSSR count). The topological polar surface area (TPSA) is 0 Å². The van der Waals surface area contributed by atoms with Crippen LogP contribution in [0.5, 0.6) is 0 Å². The first-order chi connectivity index (χ1) is 5.74. The molecule has 0 saturated heterocycles. The van der Waals surface area contributed by atoms with E-state index in [1.807, 2.05) is 0 Å². The van der Waals surface area contributed by atoms with Crippen LogP contribution in [0.25, 0.3) is 0 Å². The van der Waals surface area contributed by atoms with Crippen LogP contribution in [0, 0.1) is 0 Å². The predicted octanol–water partition coefficient (Wildman–Crippen LogP) is 4.03. The smallest absolute Gasteiger partial charge is 0.0597 e. The summed E-state index contributed by atoms with van der Waals surface area (Å²) in [7, 11) is -0.516. The maximum atomic E-state index is 3.77. The molecular formula is C11H24P+. The van der Waals surface area contributed by atoms with Crippen LogP contribution in [0.1, 0.15) is 33.6 Å². The molecule has 0 bridgehead atoms. The van der Waals surface area contributed by atoms with E-state index in [0.29, 0.717) is 0 Å². The van der Waals surface area contributed by atoms with Crippen molar-refractivity contribution in [2.45, 2.75) is 33.6 Å². The Morgan fingerprint density at radius 2 is 1.58 bits per heavy atom. The average Bonchev–Trinajstić information content (AvgIpc) is 2.14. The van der Waals surface area contributed by atoms with Gasteiger partial charge < -0.3 is 0 Å². The molecule has 1 heteroatoms. The molecular weight excluding hydrogens is 163 g/mol. The molecule has 0 radical (unpaired) electrons. The summed E-state index contributed by atoms with van der Waals surface area (Å²) >= 11 is 0. The van der Waals surface area contributed by atoms with Crippen LogP contribution in [0.2, 0.25) is 0 Å². The number of allylic oxidation sites excluding steroid dienone is 1. The van der Waals surface area contributed by atoms with E-state index in [-0.39, 0.29) is 0 Å². The molecule has 72 valence electrons. The molecule has 0 fully saturated rings. The van der Waals surface area contributed by atoms with Crippen LogP contribution in [0.15, 0.2) is 12.7 Å². The Balaban J connectivity index is 3.84. The second-order valence-electron chi connectivity index (χ2n) is 3.44. The molecule has 0 aliphatic carbocycles. The fourth-order valence-corrected chi connectivity index (χ4v) is 4.86. The molecule has 0 N–H and O–H groups in total. The molecule has 12 heavy (non-hydrogen) atoms. The summed E-state index contributed by atoms with van der Waals surface area (Å²) in [6.45, 7) is 10.9. The van der Waals surface area contributed by atoms with E-state index in [4.69, 9.17) is 0 Å². The third-order valence-corrected chi connectivity index (χ3v) is 8.34. The Hall–Kier alpha value is 0.170. The lowest BCUT2D eigenvalue weighted by molar-refractivity contribution is 0.953. The van der Waals surface area contributed by atoms with Crippen LogP contribution in [-0.2, 0) is 0 Å². The monoisotopic (exact) mass is 187 g/mol. The van der Waals surface area contributed by atoms with Gasteiger partial charge in [0.25, 0.3) is 0 Å². The van der Waals surface area contributed by atoms with Gasteiger partial charge in [0.1, 0.15) is 0 Å². The minimum Gasteiger partial charge on any atom is -0.103 e. The van der Waals surface area contributed by atoms with Crippen molar-refractivity contribution in [2.24, 2.45) is 0 Å². The van der Waals surface area contributed by atoms with Crippen LogP contribution in [-0.4, -0.2) is 24.6 Å².